The van der Waals surface area contributed by atoms with E-state index < -0.39 is 11.9 Å². The van der Waals surface area contributed by atoms with Crippen molar-refractivity contribution >= 4 is 12.0 Å². The van der Waals surface area contributed by atoms with Crippen molar-refractivity contribution in [3.63, 3.8) is 0 Å². The third-order valence-corrected chi connectivity index (χ3v) is 1.91. The second-order valence-electron chi connectivity index (χ2n) is 3.03. The largest absolute Gasteiger partial charge is 0.481 e. The van der Waals surface area contributed by atoms with Gasteiger partial charge in [0.25, 0.3) is 0 Å². The van der Waals surface area contributed by atoms with E-state index in [4.69, 9.17) is 11.5 Å². The summed E-state index contributed by atoms with van der Waals surface area (Å²) >= 11 is 0. The monoisotopic (exact) mass is 212 g/mol. The molecule has 0 aliphatic rings. The lowest BCUT2D eigenvalue weighted by Crippen LogP contribution is -2.40. The number of nitrogens with one attached hydrogen (secondary N) is 2. The van der Waals surface area contributed by atoms with Gasteiger partial charge in [-0.25, -0.2) is 4.79 Å². The molecular formula is C10H16N2O3. The average Bonchev–Trinajstić information content (AvgIpc) is 2.18. The third kappa shape index (κ3) is 6.38. The van der Waals surface area contributed by atoms with Gasteiger partial charge in [0, 0.05) is 19.5 Å². The first kappa shape index (κ1) is 13.3. The summed E-state index contributed by atoms with van der Waals surface area (Å²) in [4.78, 5) is 21.7. The molecule has 0 saturated heterocycles. The minimum Gasteiger partial charge on any atom is -0.481 e. The zero-order chi connectivity index (χ0) is 11.7. The molecule has 5 heteroatoms. The molecule has 1 atom stereocenters. The van der Waals surface area contributed by atoms with Gasteiger partial charge in [-0.05, 0) is 6.42 Å². The minimum atomic E-state index is -0.901. The van der Waals surface area contributed by atoms with Crippen LogP contribution in [-0.4, -0.2) is 30.2 Å². The molecule has 0 aliphatic heterocycles. The fourth-order valence-corrected chi connectivity index (χ4v) is 0.933. The van der Waals surface area contributed by atoms with Gasteiger partial charge in [-0.1, -0.05) is 6.92 Å². The SMILES string of the molecule is C#CCCNC(=O)NCC(CC)C(=O)O. The van der Waals surface area contributed by atoms with Crippen LogP contribution in [0.4, 0.5) is 4.79 Å². The van der Waals surface area contributed by atoms with Crippen LogP contribution in [0.2, 0.25) is 0 Å². The van der Waals surface area contributed by atoms with Gasteiger partial charge in [-0.2, -0.15) is 0 Å². The molecule has 0 aliphatic carbocycles. The molecular weight excluding hydrogens is 196 g/mol. The van der Waals surface area contributed by atoms with E-state index in [0.717, 1.165) is 0 Å². The van der Waals surface area contributed by atoms with Crippen LogP contribution >= 0.6 is 0 Å². The second-order valence-corrected chi connectivity index (χ2v) is 3.03. The average molecular weight is 212 g/mol. The summed E-state index contributed by atoms with van der Waals surface area (Å²) in [5, 5.41) is 13.7. The number of hydrogen-bond acceptors (Lipinski definition) is 2. The highest BCUT2D eigenvalue weighted by molar-refractivity contribution is 5.75. The van der Waals surface area contributed by atoms with Crippen LogP contribution in [0.3, 0.4) is 0 Å². The van der Waals surface area contributed by atoms with Crippen molar-refractivity contribution in [1.82, 2.24) is 10.6 Å². The Kier molecular flexibility index (Phi) is 6.81. The molecule has 0 heterocycles. The van der Waals surface area contributed by atoms with Gasteiger partial charge < -0.3 is 15.7 Å². The molecule has 3 N–H and O–H groups in total. The van der Waals surface area contributed by atoms with E-state index in [1.807, 2.05) is 0 Å². The molecule has 2 amide bonds. The van der Waals surface area contributed by atoms with Gasteiger partial charge in [-0.15, -0.1) is 12.3 Å². The van der Waals surface area contributed by atoms with Crippen LogP contribution in [0.25, 0.3) is 0 Å². The number of hydrogen-bond donors (Lipinski definition) is 3. The Bertz CT molecular complexity index is 258. The number of amides is 2. The first-order valence-electron chi connectivity index (χ1n) is 4.79. The van der Waals surface area contributed by atoms with Gasteiger partial charge in [0.2, 0.25) is 0 Å². The second kappa shape index (κ2) is 7.68. The first-order valence-corrected chi connectivity index (χ1v) is 4.79. The Hall–Kier alpha value is -1.70. The summed E-state index contributed by atoms with van der Waals surface area (Å²) in [6.45, 7) is 2.29. The third-order valence-electron chi connectivity index (χ3n) is 1.91. The molecule has 0 aromatic rings. The zero-order valence-electron chi connectivity index (χ0n) is 8.75. The Morgan fingerprint density at radius 1 is 1.47 bits per heavy atom. The van der Waals surface area contributed by atoms with Gasteiger partial charge in [0.15, 0.2) is 0 Å². The maximum absolute atomic E-state index is 11.1. The summed E-state index contributed by atoms with van der Waals surface area (Å²) in [6, 6.07) is -0.384. The summed E-state index contributed by atoms with van der Waals surface area (Å²) in [5.41, 5.74) is 0. The van der Waals surface area contributed by atoms with E-state index in [1.165, 1.54) is 0 Å². The van der Waals surface area contributed by atoms with Gasteiger partial charge in [-0.3, -0.25) is 4.79 Å². The van der Waals surface area contributed by atoms with Gasteiger partial charge in [0.05, 0.1) is 5.92 Å². The Morgan fingerprint density at radius 3 is 2.60 bits per heavy atom. The lowest BCUT2D eigenvalue weighted by Gasteiger charge is -2.11. The molecule has 84 valence electrons. The summed E-state index contributed by atoms with van der Waals surface area (Å²) in [6.07, 6.45) is 5.95. The minimum absolute atomic E-state index is 0.133. The predicted molar refractivity (Wildman–Crippen MR) is 56.3 cm³/mol. The highest BCUT2D eigenvalue weighted by Gasteiger charge is 2.15. The van der Waals surface area contributed by atoms with E-state index in [0.29, 0.717) is 19.4 Å². The van der Waals surface area contributed by atoms with Crippen LogP contribution < -0.4 is 10.6 Å². The van der Waals surface area contributed by atoms with Crippen LogP contribution in [0.5, 0.6) is 0 Å². The number of terminal acetylenes is 1. The zero-order valence-corrected chi connectivity index (χ0v) is 8.75. The number of carbonyl (C=O) groups excluding carboxylic acids is 1. The fourth-order valence-electron chi connectivity index (χ4n) is 0.933. The topological polar surface area (TPSA) is 78.4 Å². The maximum atomic E-state index is 11.1. The van der Waals surface area contributed by atoms with Crippen molar-refractivity contribution in [3.8, 4) is 12.3 Å². The lowest BCUT2D eigenvalue weighted by atomic mass is 10.1. The summed E-state index contributed by atoms with van der Waals surface area (Å²) in [5.74, 6) is 0.941. The van der Waals surface area contributed by atoms with Crippen molar-refractivity contribution in [2.75, 3.05) is 13.1 Å². The molecule has 0 saturated carbocycles. The highest BCUT2D eigenvalue weighted by atomic mass is 16.4. The molecule has 0 aromatic heterocycles. The number of aliphatic carboxylic acids is 1. The van der Waals surface area contributed by atoms with Crippen LogP contribution in [0.15, 0.2) is 0 Å². The predicted octanol–water partition coefficient (Wildman–Crippen LogP) is 0.420. The van der Waals surface area contributed by atoms with Crippen molar-refractivity contribution in [3.05, 3.63) is 0 Å². The van der Waals surface area contributed by atoms with E-state index in [-0.39, 0.29) is 12.6 Å². The van der Waals surface area contributed by atoms with E-state index >= 15 is 0 Å². The molecule has 15 heavy (non-hydrogen) atoms. The van der Waals surface area contributed by atoms with Crippen LogP contribution in [-0.2, 0) is 4.79 Å². The first-order chi connectivity index (χ1) is 7.11. The Balaban J connectivity index is 3.70. The van der Waals surface area contributed by atoms with Gasteiger partial charge in [0.1, 0.15) is 0 Å². The molecule has 0 fully saturated rings. The standard InChI is InChI=1S/C10H16N2O3/c1-3-5-6-11-10(15)12-7-8(4-2)9(13)14/h1,8H,4-7H2,2H3,(H,13,14)(H2,11,12,15). The van der Waals surface area contributed by atoms with E-state index in [2.05, 4.69) is 16.6 Å². The smallest absolute Gasteiger partial charge is 0.314 e. The Labute approximate surface area is 89.2 Å². The molecule has 0 bridgehead atoms. The molecule has 0 rings (SSSR count). The highest BCUT2D eigenvalue weighted by Crippen LogP contribution is 1.99. The molecule has 0 radical (unpaired) electrons. The van der Waals surface area contributed by atoms with Crippen LogP contribution in [0.1, 0.15) is 19.8 Å². The van der Waals surface area contributed by atoms with E-state index in [1.54, 1.807) is 6.92 Å². The number of carboxylic acids is 1. The van der Waals surface area contributed by atoms with Crippen molar-refractivity contribution in [1.29, 1.82) is 0 Å². The fraction of sp³-hybridized carbons (Fsp3) is 0.600. The normalized spacial score (nSPS) is 11.2. The lowest BCUT2D eigenvalue weighted by molar-refractivity contribution is -0.141. The van der Waals surface area contributed by atoms with Crippen molar-refractivity contribution in [2.45, 2.75) is 19.8 Å². The van der Waals surface area contributed by atoms with Gasteiger partial charge >= 0.3 is 12.0 Å². The number of rotatable bonds is 6. The molecule has 1 unspecified atom stereocenters. The molecule has 0 spiro atoms. The van der Waals surface area contributed by atoms with Crippen molar-refractivity contribution in [2.24, 2.45) is 5.92 Å². The molecule has 5 nitrogen and oxygen atoms in total. The quantitative estimate of drug-likeness (QED) is 0.441. The number of carboxylic acid groups (broad SMARTS) is 1. The molecule has 0 aromatic carbocycles. The maximum Gasteiger partial charge on any atom is 0.314 e. The van der Waals surface area contributed by atoms with Crippen molar-refractivity contribution < 1.29 is 14.7 Å². The van der Waals surface area contributed by atoms with Crippen LogP contribution in [0, 0.1) is 18.3 Å². The summed E-state index contributed by atoms with van der Waals surface area (Å²) < 4.78 is 0. The Morgan fingerprint density at radius 2 is 2.13 bits per heavy atom. The number of urea groups is 1. The number of carbonyl (C=O) groups is 2. The van der Waals surface area contributed by atoms with E-state index in [9.17, 15) is 9.59 Å². The summed E-state index contributed by atoms with van der Waals surface area (Å²) in [7, 11) is 0.